The third kappa shape index (κ3) is 2.26. The Morgan fingerprint density at radius 2 is 1.93 bits per heavy atom. The molecule has 0 saturated heterocycles. The van der Waals surface area contributed by atoms with E-state index in [-0.39, 0.29) is 5.75 Å². The van der Waals surface area contributed by atoms with Crippen LogP contribution in [0, 0.1) is 5.92 Å². The Bertz CT molecular complexity index is 307. The normalized spacial score (nSPS) is 28.6. The van der Waals surface area contributed by atoms with Gasteiger partial charge in [0, 0.05) is 5.75 Å². The molecule has 0 aromatic heterocycles. The first kappa shape index (κ1) is 11.5. The largest absolute Gasteiger partial charge is 0.481 e. The average Bonchev–Trinajstić information content (AvgIpc) is 2.18. The van der Waals surface area contributed by atoms with E-state index in [1.165, 1.54) is 0 Å². The number of aliphatic carboxylic acids is 1. The van der Waals surface area contributed by atoms with Gasteiger partial charge in [0.2, 0.25) is 0 Å². The van der Waals surface area contributed by atoms with Crippen LogP contribution in [0.15, 0.2) is 0 Å². The van der Waals surface area contributed by atoms with E-state index in [1.807, 2.05) is 0 Å². The van der Waals surface area contributed by atoms with Gasteiger partial charge < -0.3 is 5.11 Å². The fourth-order valence-electron chi connectivity index (χ4n) is 2.02. The molecule has 1 rings (SSSR count). The zero-order valence-electron chi connectivity index (χ0n) is 8.27. The summed E-state index contributed by atoms with van der Waals surface area (Å²) in [6, 6.07) is 0. The van der Waals surface area contributed by atoms with E-state index in [0.717, 1.165) is 12.8 Å². The van der Waals surface area contributed by atoms with Crippen LogP contribution < -0.4 is 0 Å². The summed E-state index contributed by atoms with van der Waals surface area (Å²) in [5, 5.41) is 8.25. The number of sulfone groups is 1. The number of hydrogen-bond acceptors (Lipinski definition) is 3. The molecule has 2 unspecified atom stereocenters. The molecule has 0 aromatic rings. The fraction of sp³-hybridized carbons (Fsp3) is 0.889. The highest BCUT2D eigenvalue weighted by Crippen LogP contribution is 2.30. The molecule has 1 N–H and O–H groups in total. The maximum Gasteiger partial charge on any atom is 0.307 e. The van der Waals surface area contributed by atoms with Crippen LogP contribution in [0.2, 0.25) is 0 Å². The molecule has 0 heterocycles. The minimum Gasteiger partial charge on any atom is -0.481 e. The highest BCUT2D eigenvalue weighted by atomic mass is 32.2. The Balaban J connectivity index is 2.88. The lowest BCUT2D eigenvalue weighted by Crippen LogP contribution is -2.38. The number of rotatable bonds is 3. The van der Waals surface area contributed by atoms with Crippen LogP contribution in [0.25, 0.3) is 0 Å². The summed E-state index contributed by atoms with van der Waals surface area (Å²) >= 11 is 0. The Hall–Kier alpha value is -0.580. The van der Waals surface area contributed by atoms with Crippen molar-refractivity contribution in [2.45, 2.75) is 37.9 Å². The second kappa shape index (κ2) is 4.29. The quantitative estimate of drug-likeness (QED) is 0.772. The molecule has 0 spiro atoms. The monoisotopic (exact) mass is 220 g/mol. The van der Waals surface area contributed by atoms with Gasteiger partial charge in [0.05, 0.1) is 11.2 Å². The van der Waals surface area contributed by atoms with Gasteiger partial charge in [-0.2, -0.15) is 0 Å². The maximum atomic E-state index is 11.6. The Morgan fingerprint density at radius 1 is 1.36 bits per heavy atom. The molecule has 1 aliphatic carbocycles. The Labute approximate surface area is 84.2 Å². The van der Waals surface area contributed by atoms with Crippen molar-refractivity contribution in [3.63, 3.8) is 0 Å². The lowest BCUT2D eigenvalue weighted by molar-refractivity contribution is -0.142. The van der Waals surface area contributed by atoms with E-state index in [4.69, 9.17) is 5.11 Å². The highest BCUT2D eigenvalue weighted by molar-refractivity contribution is 7.92. The third-order valence-corrected chi connectivity index (χ3v) is 5.17. The van der Waals surface area contributed by atoms with Crippen molar-refractivity contribution in [3.8, 4) is 0 Å². The van der Waals surface area contributed by atoms with Crippen LogP contribution in [0.4, 0.5) is 0 Å². The van der Waals surface area contributed by atoms with Crippen LogP contribution in [0.5, 0.6) is 0 Å². The lowest BCUT2D eigenvalue weighted by Gasteiger charge is -2.27. The zero-order chi connectivity index (χ0) is 10.8. The first-order valence-corrected chi connectivity index (χ1v) is 6.65. The molecule has 0 aromatic carbocycles. The van der Waals surface area contributed by atoms with Crippen LogP contribution in [-0.2, 0) is 14.6 Å². The molecule has 0 bridgehead atoms. The van der Waals surface area contributed by atoms with E-state index >= 15 is 0 Å². The molecule has 0 amide bonds. The summed E-state index contributed by atoms with van der Waals surface area (Å²) in [5.41, 5.74) is 0. The predicted octanol–water partition coefficient (Wildman–Crippen LogP) is 1.06. The van der Waals surface area contributed by atoms with E-state index in [1.54, 1.807) is 6.92 Å². The average molecular weight is 220 g/mol. The van der Waals surface area contributed by atoms with Gasteiger partial charge in [0.15, 0.2) is 9.84 Å². The molecule has 1 fully saturated rings. The van der Waals surface area contributed by atoms with Crippen molar-refractivity contribution in [1.29, 1.82) is 0 Å². The molecule has 0 radical (unpaired) electrons. The van der Waals surface area contributed by atoms with E-state index in [2.05, 4.69) is 0 Å². The number of carboxylic acid groups (broad SMARTS) is 1. The molecular weight excluding hydrogens is 204 g/mol. The lowest BCUT2D eigenvalue weighted by atomic mass is 9.89. The molecule has 1 aliphatic rings. The van der Waals surface area contributed by atoms with Crippen LogP contribution >= 0.6 is 0 Å². The SMILES string of the molecule is CCS(=O)(=O)C1CCCCC1C(=O)O. The summed E-state index contributed by atoms with van der Waals surface area (Å²) in [7, 11) is -3.20. The van der Waals surface area contributed by atoms with Gasteiger partial charge >= 0.3 is 5.97 Å². The standard InChI is InChI=1S/C9H16O4S/c1-2-14(12,13)8-6-4-3-5-7(8)9(10)11/h7-8H,2-6H2,1H3,(H,10,11). The second-order valence-corrected chi connectivity index (χ2v) is 6.23. The van der Waals surface area contributed by atoms with Gasteiger partial charge in [-0.15, -0.1) is 0 Å². The Morgan fingerprint density at radius 3 is 2.43 bits per heavy atom. The first-order valence-electron chi connectivity index (χ1n) is 4.93. The minimum absolute atomic E-state index is 0.0431. The van der Waals surface area contributed by atoms with E-state index in [9.17, 15) is 13.2 Å². The van der Waals surface area contributed by atoms with E-state index < -0.39 is 27.0 Å². The fourth-order valence-corrected chi connectivity index (χ4v) is 3.73. The van der Waals surface area contributed by atoms with Gasteiger partial charge in [-0.1, -0.05) is 19.8 Å². The van der Waals surface area contributed by atoms with Crippen molar-refractivity contribution in [2.75, 3.05) is 5.75 Å². The number of carbonyl (C=O) groups is 1. The van der Waals surface area contributed by atoms with E-state index in [0.29, 0.717) is 12.8 Å². The number of hydrogen-bond donors (Lipinski definition) is 1. The summed E-state index contributed by atoms with van der Waals surface area (Å²) in [4.78, 5) is 10.9. The predicted molar refractivity (Wildman–Crippen MR) is 52.8 cm³/mol. The van der Waals surface area contributed by atoms with Crippen molar-refractivity contribution in [2.24, 2.45) is 5.92 Å². The highest BCUT2D eigenvalue weighted by Gasteiger charge is 2.38. The van der Waals surface area contributed by atoms with Crippen molar-refractivity contribution < 1.29 is 18.3 Å². The molecule has 5 heteroatoms. The van der Waals surface area contributed by atoms with Gasteiger partial charge in [0.1, 0.15) is 0 Å². The summed E-state index contributed by atoms with van der Waals surface area (Å²) in [5.74, 6) is -1.61. The van der Waals surface area contributed by atoms with Crippen molar-refractivity contribution in [1.82, 2.24) is 0 Å². The molecular formula is C9H16O4S. The summed E-state index contributed by atoms with van der Waals surface area (Å²) < 4.78 is 23.2. The molecule has 2 atom stereocenters. The van der Waals surface area contributed by atoms with Gasteiger partial charge in [-0.3, -0.25) is 4.79 Å². The van der Waals surface area contributed by atoms with Gasteiger partial charge in [-0.05, 0) is 12.8 Å². The van der Waals surface area contributed by atoms with Crippen LogP contribution in [-0.4, -0.2) is 30.5 Å². The molecule has 82 valence electrons. The zero-order valence-corrected chi connectivity index (χ0v) is 9.09. The number of carboxylic acids is 1. The van der Waals surface area contributed by atoms with Gasteiger partial charge in [-0.25, -0.2) is 8.42 Å². The van der Waals surface area contributed by atoms with Crippen LogP contribution in [0.3, 0.4) is 0 Å². The second-order valence-electron chi connectivity index (χ2n) is 3.72. The molecule has 14 heavy (non-hydrogen) atoms. The van der Waals surface area contributed by atoms with Crippen molar-refractivity contribution >= 4 is 15.8 Å². The minimum atomic E-state index is -3.20. The smallest absolute Gasteiger partial charge is 0.307 e. The molecule has 4 nitrogen and oxygen atoms in total. The topological polar surface area (TPSA) is 71.4 Å². The van der Waals surface area contributed by atoms with Crippen LogP contribution in [0.1, 0.15) is 32.6 Å². The molecule has 1 saturated carbocycles. The maximum absolute atomic E-state index is 11.6. The summed E-state index contributed by atoms with van der Waals surface area (Å²) in [6.07, 6.45) is 2.66. The first-order chi connectivity index (χ1) is 6.49. The Kier molecular flexibility index (Phi) is 3.53. The third-order valence-electron chi connectivity index (χ3n) is 2.88. The molecule has 0 aliphatic heterocycles. The van der Waals surface area contributed by atoms with Crippen molar-refractivity contribution in [3.05, 3.63) is 0 Å². The summed E-state index contributed by atoms with van der Waals surface area (Å²) in [6.45, 7) is 1.57. The van der Waals surface area contributed by atoms with Gasteiger partial charge in [0.25, 0.3) is 0 Å².